The number of ketones is 1. The maximum Gasteiger partial charge on any atom is 0.272 e. The van der Waals surface area contributed by atoms with Crippen LogP contribution in [0.25, 0.3) is 0 Å². The van der Waals surface area contributed by atoms with Gasteiger partial charge in [-0.05, 0) is 48.1 Å². The zero-order valence-electron chi connectivity index (χ0n) is 19.4. The lowest BCUT2D eigenvalue weighted by Crippen LogP contribution is -2.58. The van der Waals surface area contributed by atoms with Crippen molar-refractivity contribution in [2.75, 3.05) is 13.1 Å². The molecule has 0 saturated carbocycles. The Morgan fingerprint density at radius 1 is 1.09 bits per heavy atom. The summed E-state index contributed by atoms with van der Waals surface area (Å²) in [6, 6.07) is 12.2. The van der Waals surface area contributed by atoms with Gasteiger partial charge in [0.2, 0.25) is 0 Å². The van der Waals surface area contributed by atoms with Gasteiger partial charge in [0.1, 0.15) is 4.75 Å². The van der Waals surface area contributed by atoms with E-state index in [4.69, 9.17) is 23.2 Å². The Morgan fingerprint density at radius 2 is 1.73 bits per heavy atom. The lowest BCUT2D eigenvalue weighted by Gasteiger charge is -2.46. The summed E-state index contributed by atoms with van der Waals surface area (Å²) in [6.07, 6.45) is 0.132. The lowest BCUT2D eigenvalue weighted by molar-refractivity contribution is 0.0939. The predicted octanol–water partition coefficient (Wildman–Crippen LogP) is 5.83. The van der Waals surface area contributed by atoms with Crippen LogP contribution in [0.1, 0.15) is 68.4 Å². The molecule has 2 atom stereocenters. The fourth-order valence-electron chi connectivity index (χ4n) is 5.05. The zero-order valence-corrected chi connectivity index (χ0v) is 21.7. The van der Waals surface area contributed by atoms with Crippen LogP contribution in [0.3, 0.4) is 0 Å². The summed E-state index contributed by atoms with van der Waals surface area (Å²) in [5.74, 6) is -0.332. The molecule has 1 aliphatic heterocycles. The average molecular weight is 512 g/mol. The van der Waals surface area contributed by atoms with Crippen LogP contribution in [0, 0.1) is 0 Å². The molecule has 0 aliphatic carbocycles. The van der Waals surface area contributed by atoms with Crippen molar-refractivity contribution in [1.29, 1.82) is 0 Å². The predicted molar refractivity (Wildman–Crippen MR) is 134 cm³/mol. The highest BCUT2D eigenvalue weighted by Gasteiger charge is 2.61. The van der Waals surface area contributed by atoms with Gasteiger partial charge >= 0.3 is 0 Å². The summed E-state index contributed by atoms with van der Waals surface area (Å²) in [5, 5.41) is 3.88. The molecule has 0 aromatic heterocycles. The highest BCUT2D eigenvalue weighted by molar-refractivity contribution is 7.87. The van der Waals surface area contributed by atoms with Crippen molar-refractivity contribution in [2.45, 2.75) is 62.5 Å². The van der Waals surface area contributed by atoms with E-state index in [1.165, 1.54) is 0 Å². The molecule has 3 rings (SSSR count). The Labute approximate surface area is 206 Å². The third-order valence-corrected chi connectivity index (χ3v) is 9.63. The van der Waals surface area contributed by atoms with Crippen molar-refractivity contribution in [3.63, 3.8) is 0 Å². The SMILES string of the molecule is CCC(CC(=O)c1ccc(C(C)(C)C)cc1)(C1(c2ccc(Cl)c(Cl)c2)CCNC1)S(=O)(=O)O. The fourth-order valence-corrected chi connectivity index (χ4v) is 6.82. The summed E-state index contributed by atoms with van der Waals surface area (Å²) in [7, 11) is -4.66. The molecule has 2 unspecified atom stereocenters. The standard InChI is InChI=1S/C25H31Cl2NO4S/c1-5-25(33(30,31)32,15-22(29)17-6-8-18(9-7-17)23(2,3)4)24(12-13-28-16-24)19-10-11-20(26)21(27)14-19/h6-11,14,28H,5,12-13,15-16H2,1-4H3,(H,30,31,32). The third kappa shape index (κ3) is 4.73. The Balaban J connectivity index is 2.12. The molecule has 2 aromatic carbocycles. The largest absolute Gasteiger partial charge is 0.316 e. The number of halogens is 2. The van der Waals surface area contributed by atoms with Crippen molar-refractivity contribution in [2.24, 2.45) is 0 Å². The van der Waals surface area contributed by atoms with Gasteiger partial charge in [0.05, 0.1) is 10.0 Å². The Morgan fingerprint density at radius 3 is 2.18 bits per heavy atom. The first-order valence-electron chi connectivity index (χ1n) is 11.0. The van der Waals surface area contributed by atoms with Gasteiger partial charge in [-0.25, -0.2) is 0 Å². The number of carbonyl (C=O) groups is 1. The topological polar surface area (TPSA) is 83.5 Å². The maximum atomic E-state index is 13.4. The molecule has 1 saturated heterocycles. The van der Waals surface area contributed by atoms with Crippen LogP contribution >= 0.6 is 23.2 Å². The normalized spacial score (nSPS) is 21.1. The molecule has 2 aromatic rings. The first kappa shape index (κ1) is 26.2. The molecular formula is C25H31Cl2NO4S. The van der Waals surface area contributed by atoms with E-state index < -0.39 is 20.3 Å². The minimum Gasteiger partial charge on any atom is -0.316 e. The van der Waals surface area contributed by atoms with Crippen LogP contribution in [0.5, 0.6) is 0 Å². The monoisotopic (exact) mass is 511 g/mol. The minimum atomic E-state index is -4.66. The molecule has 1 heterocycles. The number of hydrogen-bond donors (Lipinski definition) is 2. The van der Waals surface area contributed by atoms with Gasteiger partial charge in [-0.2, -0.15) is 8.42 Å². The van der Waals surface area contributed by atoms with E-state index >= 15 is 0 Å². The van der Waals surface area contributed by atoms with Crippen molar-refractivity contribution in [1.82, 2.24) is 5.32 Å². The van der Waals surface area contributed by atoms with Crippen molar-refractivity contribution >= 4 is 39.1 Å². The third-order valence-electron chi connectivity index (χ3n) is 7.08. The summed E-state index contributed by atoms with van der Waals surface area (Å²) in [6.45, 7) is 8.78. The summed E-state index contributed by atoms with van der Waals surface area (Å²) in [4.78, 5) is 13.4. The number of rotatable bonds is 7. The number of carbonyl (C=O) groups excluding carboxylic acids is 1. The van der Waals surface area contributed by atoms with Crippen LogP contribution in [0.2, 0.25) is 10.0 Å². The second-order valence-corrected chi connectivity index (χ2v) is 12.4. The fraction of sp³-hybridized carbons (Fsp3) is 0.480. The van der Waals surface area contributed by atoms with Crippen LogP contribution in [0.4, 0.5) is 0 Å². The van der Waals surface area contributed by atoms with E-state index in [2.05, 4.69) is 26.1 Å². The molecule has 0 radical (unpaired) electrons. The van der Waals surface area contributed by atoms with Crippen molar-refractivity contribution in [3.05, 3.63) is 69.2 Å². The zero-order chi connectivity index (χ0) is 24.7. The second-order valence-electron chi connectivity index (χ2n) is 9.89. The average Bonchev–Trinajstić information content (AvgIpc) is 3.23. The van der Waals surface area contributed by atoms with Crippen LogP contribution in [-0.2, 0) is 20.9 Å². The maximum absolute atomic E-state index is 13.4. The molecule has 8 heteroatoms. The lowest BCUT2D eigenvalue weighted by atomic mass is 9.65. The molecule has 1 aliphatic rings. The number of hydrogen-bond acceptors (Lipinski definition) is 4. The summed E-state index contributed by atoms with van der Waals surface area (Å²) in [5.41, 5.74) is 1.00. The van der Waals surface area contributed by atoms with E-state index in [0.717, 1.165) is 5.56 Å². The molecule has 0 amide bonds. The highest BCUT2D eigenvalue weighted by Crippen LogP contribution is 2.50. The minimum absolute atomic E-state index is 0.0551. The van der Waals surface area contributed by atoms with Gasteiger partial charge in [-0.1, -0.05) is 81.2 Å². The number of benzene rings is 2. The van der Waals surface area contributed by atoms with Gasteiger partial charge < -0.3 is 5.32 Å². The van der Waals surface area contributed by atoms with Gasteiger partial charge in [0, 0.05) is 23.9 Å². The molecule has 1 fully saturated rings. The second kappa shape index (κ2) is 9.31. The van der Waals surface area contributed by atoms with Crippen LogP contribution < -0.4 is 5.32 Å². The van der Waals surface area contributed by atoms with E-state index in [1.54, 1.807) is 37.3 Å². The van der Waals surface area contributed by atoms with Crippen LogP contribution in [0.15, 0.2) is 42.5 Å². The Hall–Kier alpha value is -1.44. The van der Waals surface area contributed by atoms with E-state index in [9.17, 15) is 17.8 Å². The van der Waals surface area contributed by atoms with E-state index in [-0.39, 0.29) is 30.6 Å². The van der Waals surface area contributed by atoms with E-state index in [0.29, 0.717) is 34.1 Å². The molecule has 180 valence electrons. The van der Waals surface area contributed by atoms with Gasteiger partial charge in [0.15, 0.2) is 5.78 Å². The highest BCUT2D eigenvalue weighted by atomic mass is 35.5. The molecule has 2 N–H and O–H groups in total. The summed E-state index contributed by atoms with van der Waals surface area (Å²) >= 11 is 12.4. The molecule has 0 bridgehead atoms. The number of nitrogens with one attached hydrogen (secondary N) is 1. The molecule has 33 heavy (non-hydrogen) atoms. The Kier molecular flexibility index (Phi) is 7.38. The molecular weight excluding hydrogens is 481 g/mol. The van der Waals surface area contributed by atoms with Gasteiger partial charge in [-0.3, -0.25) is 9.35 Å². The van der Waals surface area contributed by atoms with Crippen molar-refractivity contribution < 1.29 is 17.8 Å². The molecule has 0 spiro atoms. The smallest absolute Gasteiger partial charge is 0.272 e. The van der Waals surface area contributed by atoms with Gasteiger partial charge in [0.25, 0.3) is 10.1 Å². The van der Waals surface area contributed by atoms with Crippen molar-refractivity contribution in [3.8, 4) is 0 Å². The van der Waals surface area contributed by atoms with Gasteiger partial charge in [-0.15, -0.1) is 0 Å². The quantitative estimate of drug-likeness (QED) is 0.360. The first-order valence-corrected chi connectivity index (χ1v) is 13.2. The number of Topliss-reactive ketones (excluding diaryl/α,β-unsaturated/α-hetero) is 1. The molecule has 5 nitrogen and oxygen atoms in total. The Bertz CT molecular complexity index is 1130. The van der Waals surface area contributed by atoms with E-state index in [1.807, 2.05) is 12.1 Å². The first-order chi connectivity index (χ1) is 15.3. The summed E-state index contributed by atoms with van der Waals surface area (Å²) < 4.78 is 35.0. The van der Waals surface area contributed by atoms with Crippen LogP contribution in [-0.4, -0.2) is 36.6 Å².